The van der Waals surface area contributed by atoms with Crippen molar-refractivity contribution in [3.05, 3.63) is 82.7 Å². The van der Waals surface area contributed by atoms with Gasteiger partial charge in [-0.1, -0.05) is 29.8 Å². The van der Waals surface area contributed by atoms with E-state index in [1.165, 1.54) is 0 Å². The maximum absolute atomic E-state index is 12.7. The number of ether oxygens (including phenoxy) is 1. The van der Waals surface area contributed by atoms with Gasteiger partial charge in [0.1, 0.15) is 17.2 Å². The zero-order chi connectivity index (χ0) is 22.8. The largest absolute Gasteiger partial charge is 0.496 e. The predicted molar refractivity (Wildman–Crippen MR) is 129 cm³/mol. The molecule has 0 atom stereocenters. The Morgan fingerprint density at radius 3 is 2.62 bits per heavy atom. The summed E-state index contributed by atoms with van der Waals surface area (Å²) < 4.78 is 11.6. The highest BCUT2D eigenvalue weighted by Gasteiger charge is 2.19. The Kier molecular flexibility index (Phi) is 6.01. The summed E-state index contributed by atoms with van der Waals surface area (Å²) >= 11 is 6.05. The molecule has 1 N–H and O–H groups in total. The predicted octanol–water partition coefficient (Wildman–Crippen LogP) is 6.82. The molecule has 0 fully saturated rings. The van der Waals surface area contributed by atoms with Crippen LogP contribution in [0.2, 0.25) is 5.02 Å². The molecule has 0 saturated heterocycles. The smallest absolute Gasteiger partial charge is 0.249 e. The van der Waals surface area contributed by atoms with E-state index in [1.807, 2.05) is 63.2 Å². The minimum atomic E-state index is -0.255. The average molecular weight is 447 g/mol. The number of nitrogens with zero attached hydrogens (tertiary/aromatic N) is 1. The first kappa shape index (κ1) is 21.7. The fourth-order valence-corrected chi connectivity index (χ4v) is 3.89. The van der Waals surface area contributed by atoms with E-state index in [0.29, 0.717) is 16.6 Å². The summed E-state index contributed by atoms with van der Waals surface area (Å²) in [5.41, 5.74) is 6.04. The van der Waals surface area contributed by atoms with Crippen molar-refractivity contribution >= 4 is 39.9 Å². The Bertz CT molecular complexity index is 1340. The number of rotatable bonds is 5. The number of fused-ring (bicyclic) bond motifs is 1. The molecule has 4 aromatic rings. The van der Waals surface area contributed by atoms with Crippen LogP contribution in [-0.4, -0.2) is 18.0 Å². The number of aryl methyl sites for hydroxylation is 2. The highest BCUT2D eigenvalue weighted by Crippen LogP contribution is 2.40. The van der Waals surface area contributed by atoms with Gasteiger partial charge in [0.25, 0.3) is 0 Å². The first-order valence-corrected chi connectivity index (χ1v) is 10.5. The maximum atomic E-state index is 12.7. The van der Waals surface area contributed by atoms with E-state index in [0.717, 1.165) is 44.4 Å². The molecular formula is C26H23ClN2O3. The molecule has 0 aliphatic heterocycles. The van der Waals surface area contributed by atoms with Crippen LogP contribution < -0.4 is 10.1 Å². The molecule has 2 heterocycles. The SMILES string of the molecule is COc1c(/C(C)=C/C(=O)Nc2ncccc2C)cc2c(-c3ccc(Cl)cc3)coc2c1C. The van der Waals surface area contributed by atoms with Crippen molar-refractivity contribution in [3.63, 3.8) is 0 Å². The van der Waals surface area contributed by atoms with Gasteiger partial charge in [-0.05, 0) is 61.7 Å². The molecule has 4 rings (SSSR count). The summed E-state index contributed by atoms with van der Waals surface area (Å²) in [6.07, 6.45) is 4.94. The van der Waals surface area contributed by atoms with Crippen molar-refractivity contribution in [1.82, 2.24) is 4.98 Å². The third-order valence-corrected chi connectivity index (χ3v) is 5.68. The molecule has 0 bridgehead atoms. The Labute approximate surface area is 191 Å². The quantitative estimate of drug-likeness (QED) is 0.342. The van der Waals surface area contributed by atoms with E-state index in [1.54, 1.807) is 25.6 Å². The molecule has 0 radical (unpaired) electrons. The number of methoxy groups -OCH3 is 1. The lowest BCUT2D eigenvalue weighted by Crippen LogP contribution is -2.11. The number of allylic oxidation sites excluding steroid dienone is 1. The molecule has 6 heteroatoms. The Balaban J connectivity index is 1.77. The van der Waals surface area contributed by atoms with Gasteiger partial charge in [0.15, 0.2) is 0 Å². The van der Waals surface area contributed by atoms with Crippen LogP contribution in [0.15, 0.2) is 65.4 Å². The summed E-state index contributed by atoms with van der Waals surface area (Å²) in [4.78, 5) is 16.9. The molecular weight excluding hydrogens is 424 g/mol. The van der Waals surface area contributed by atoms with Gasteiger partial charge in [-0.15, -0.1) is 0 Å². The number of nitrogens with one attached hydrogen (secondary N) is 1. The second kappa shape index (κ2) is 8.89. The van der Waals surface area contributed by atoms with Gasteiger partial charge >= 0.3 is 0 Å². The van der Waals surface area contributed by atoms with E-state index in [4.69, 9.17) is 20.8 Å². The maximum Gasteiger partial charge on any atom is 0.249 e. The summed E-state index contributed by atoms with van der Waals surface area (Å²) in [5.74, 6) is 0.958. The Hall–Kier alpha value is -3.57. The second-order valence-electron chi connectivity index (χ2n) is 7.60. The highest BCUT2D eigenvalue weighted by molar-refractivity contribution is 6.30. The van der Waals surface area contributed by atoms with E-state index < -0.39 is 0 Å². The fraction of sp³-hybridized carbons (Fsp3) is 0.154. The highest BCUT2D eigenvalue weighted by atomic mass is 35.5. The van der Waals surface area contributed by atoms with Crippen molar-refractivity contribution in [3.8, 4) is 16.9 Å². The summed E-state index contributed by atoms with van der Waals surface area (Å²) in [5, 5.41) is 4.45. The molecule has 5 nitrogen and oxygen atoms in total. The molecule has 2 aromatic carbocycles. The van der Waals surface area contributed by atoms with Crippen LogP contribution in [0.1, 0.15) is 23.6 Å². The number of hydrogen-bond donors (Lipinski definition) is 1. The molecule has 162 valence electrons. The standard InChI is InChI=1S/C26H23ClN2O3/c1-15-6-5-11-28-26(15)29-23(30)12-16(2)20-13-21-22(18-7-9-19(27)10-8-18)14-32-25(21)17(3)24(20)31-4/h5-14H,1-4H3,(H,28,29,30)/b16-12+. The van der Waals surface area contributed by atoms with E-state index >= 15 is 0 Å². The molecule has 0 spiro atoms. The average Bonchev–Trinajstić information content (AvgIpc) is 3.20. The van der Waals surface area contributed by atoms with Crippen LogP contribution in [0, 0.1) is 13.8 Å². The van der Waals surface area contributed by atoms with Gasteiger partial charge in [0, 0.05) is 39.4 Å². The molecule has 0 aliphatic carbocycles. The van der Waals surface area contributed by atoms with Gasteiger partial charge in [0.05, 0.1) is 13.4 Å². The summed E-state index contributed by atoms with van der Waals surface area (Å²) in [6, 6.07) is 13.3. The molecule has 0 unspecified atom stereocenters. The monoisotopic (exact) mass is 446 g/mol. The minimum absolute atomic E-state index is 0.255. The summed E-state index contributed by atoms with van der Waals surface area (Å²) in [6.45, 7) is 5.73. The number of furan rings is 1. The van der Waals surface area contributed by atoms with Crippen molar-refractivity contribution in [1.29, 1.82) is 0 Å². The van der Waals surface area contributed by atoms with Crippen LogP contribution in [0.5, 0.6) is 5.75 Å². The topological polar surface area (TPSA) is 64.4 Å². The molecule has 0 aliphatic rings. The van der Waals surface area contributed by atoms with Gasteiger partial charge in [-0.3, -0.25) is 4.79 Å². The van der Waals surface area contributed by atoms with Gasteiger partial charge in [0.2, 0.25) is 5.91 Å². The minimum Gasteiger partial charge on any atom is -0.496 e. The lowest BCUT2D eigenvalue weighted by Gasteiger charge is -2.13. The zero-order valence-electron chi connectivity index (χ0n) is 18.3. The number of halogens is 1. The third-order valence-electron chi connectivity index (χ3n) is 5.43. The van der Waals surface area contributed by atoms with Crippen molar-refractivity contribution in [2.75, 3.05) is 12.4 Å². The fourth-order valence-electron chi connectivity index (χ4n) is 3.77. The molecule has 1 amide bonds. The van der Waals surface area contributed by atoms with Crippen LogP contribution in [-0.2, 0) is 4.79 Å². The molecule has 2 aromatic heterocycles. The summed E-state index contributed by atoms with van der Waals surface area (Å²) in [7, 11) is 1.62. The number of carbonyl (C=O) groups is 1. The Morgan fingerprint density at radius 1 is 1.19 bits per heavy atom. The normalized spacial score (nSPS) is 11.6. The van der Waals surface area contributed by atoms with Gasteiger partial charge < -0.3 is 14.5 Å². The number of aromatic nitrogens is 1. The second-order valence-corrected chi connectivity index (χ2v) is 8.04. The number of amides is 1. The number of carbonyl (C=O) groups excluding carboxylic acids is 1. The Morgan fingerprint density at radius 2 is 1.94 bits per heavy atom. The first-order chi connectivity index (χ1) is 15.4. The van der Waals surface area contributed by atoms with E-state index in [2.05, 4.69) is 10.3 Å². The van der Waals surface area contributed by atoms with Crippen molar-refractivity contribution in [2.45, 2.75) is 20.8 Å². The van der Waals surface area contributed by atoms with Gasteiger partial charge in [-0.2, -0.15) is 0 Å². The van der Waals surface area contributed by atoms with Crippen LogP contribution in [0.3, 0.4) is 0 Å². The van der Waals surface area contributed by atoms with Gasteiger partial charge in [-0.25, -0.2) is 4.98 Å². The number of benzene rings is 2. The van der Waals surface area contributed by atoms with E-state index in [9.17, 15) is 4.79 Å². The third kappa shape index (κ3) is 4.12. The van der Waals surface area contributed by atoms with E-state index in [-0.39, 0.29) is 5.91 Å². The number of pyridine rings is 1. The number of anilines is 1. The zero-order valence-corrected chi connectivity index (χ0v) is 19.1. The van der Waals surface area contributed by atoms with Crippen LogP contribution >= 0.6 is 11.6 Å². The molecule has 0 saturated carbocycles. The van der Waals surface area contributed by atoms with Crippen molar-refractivity contribution < 1.29 is 13.9 Å². The van der Waals surface area contributed by atoms with Crippen LogP contribution in [0.25, 0.3) is 27.7 Å². The lowest BCUT2D eigenvalue weighted by molar-refractivity contribution is -0.111. The first-order valence-electron chi connectivity index (χ1n) is 10.1. The lowest BCUT2D eigenvalue weighted by atomic mass is 9.96. The van der Waals surface area contributed by atoms with Crippen LogP contribution in [0.4, 0.5) is 5.82 Å². The number of hydrogen-bond acceptors (Lipinski definition) is 4. The van der Waals surface area contributed by atoms with Crippen molar-refractivity contribution in [2.24, 2.45) is 0 Å². The molecule has 32 heavy (non-hydrogen) atoms.